The smallest absolute Gasteiger partial charge is 0.115 e. The van der Waals surface area contributed by atoms with Gasteiger partial charge >= 0.3 is 0 Å². The molecule has 114 valence electrons. The summed E-state index contributed by atoms with van der Waals surface area (Å²) in [7, 11) is 0. The number of phenols is 1. The maximum atomic E-state index is 9.26. The summed E-state index contributed by atoms with van der Waals surface area (Å²) in [6, 6.07) is 18.5. The van der Waals surface area contributed by atoms with Crippen molar-refractivity contribution >= 4 is 12.4 Å². The van der Waals surface area contributed by atoms with E-state index >= 15 is 0 Å². The van der Waals surface area contributed by atoms with Gasteiger partial charge in [0.1, 0.15) is 5.75 Å². The maximum absolute atomic E-state index is 9.26. The number of nitrogens with one attached hydrogen (secondary N) is 1. The molecule has 0 heterocycles. The van der Waals surface area contributed by atoms with Gasteiger partial charge in [-0.1, -0.05) is 42.5 Å². The van der Waals surface area contributed by atoms with Crippen molar-refractivity contribution in [1.82, 2.24) is 5.32 Å². The van der Waals surface area contributed by atoms with Crippen LogP contribution in [0.3, 0.4) is 0 Å². The summed E-state index contributed by atoms with van der Waals surface area (Å²) < 4.78 is 0. The normalized spacial score (nSPS) is 11.7. The molecule has 0 spiro atoms. The molecule has 1 unspecified atom stereocenters. The van der Waals surface area contributed by atoms with Crippen LogP contribution in [0.15, 0.2) is 54.6 Å². The molecule has 0 aromatic heterocycles. The van der Waals surface area contributed by atoms with Crippen LogP contribution in [-0.4, -0.2) is 17.7 Å². The van der Waals surface area contributed by atoms with Crippen molar-refractivity contribution < 1.29 is 5.11 Å². The van der Waals surface area contributed by atoms with E-state index in [1.165, 1.54) is 11.1 Å². The van der Waals surface area contributed by atoms with Crippen molar-refractivity contribution in [1.29, 1.82) is 0 Å². The number of rotatable bonds is 7. The highest BCUT2D eigenvalue weighted by Crippen LogP contribution is 2.11. The predicted octanol–water partition coefficient (Wildman–Crippen LogP) is 3.97. The molecule has 0 aliphatic rings. The van der Waals surface area contributed by atoms with Gasteiger partial charge in [-0.2, -0.15) is 0 Å². The maximum Gasteiger partial charge on any atom is 0.115 e. The van der Waals surface area contributed by atoms with Gasteiger partial charge in [-0.15, -0.1) is 12.4 Å². The molecule has 0 bridgehead atoms. The highest BCUT2D eigenvalue weighted by molar-refractivity contribution is 5.85. The molecule has 0 amide bonds. The second kappa shape index (κ2) is 9.43. The van der Waals surface area contributed by atoms with E-state index in [9.17, 15) is 5.11 Å². The average molecular weight is 306 g/mol. The SMILES string of the molecule is CC(Cc1ccc(O)cc1)NCCCc1ccccc1.Cl. The Bertz CT molecular complexity index is 498. The third-order valence-electron chi connectivity index (χ3n) is 3.46. The Morgan fingerprint density at radius 2 is 1.62 bits per heavy atom. The topological polar surface area (TPSA) is 32.3 Å². The number of hydrogen-bond acceptors (Lipinski definition) is 2. The largest absolute Gasteiger partial charge is 0.508 e. The van der Waals surface area contributed by atoms with E-state index in [1.54, 1.807) is 12.1 Å². The summed E-state index contributed by atoms with van der Waals surface area (Å²) in [5.41, 5.74) is 2.66. The molecule has 0 saturated heterocycles. The highest BCUT2D eigenvalue weighted by atomic mass is 35.5. The lowest BCUT2D eigenvalue weighted by Crippen LogP contribution is -2.29. The van der Waals surface area contributed by atoms with Crippen LogP contribution >= 0.6 is 12.4 Å². The Morgan fingerprint density at radius 1 is 0.952 bits per heavy atom. The molecule has 0 fully saturated rings. The molecule has 2 rings (SSSR count). The molecule has 2 N–H and O–H groups in total. The second-order valence-electron chi connectivity index (χ2n) is 5.31. The van der Waals surface area contributed by atoms with Crippen molar-refractivity contribution in [2.45, 2.75) is 32.2 Å². The fraction of sp³-hybridized carbons (Fsp3) is 0.333. The number of aryl methyl sites for hydroxylation is 1. The lowest BCUT2D eigenvalue weighted by atomic mass is 10.1. The molecule has 0 aliphatic heterocycles. The quantitative estimate of drug-likeness (QED) is 0.759. The number of hydrogen-bond donors (Lipinski definition) is 2. The minimum Gasteiger partial charge on any atom is -0.508 e. The molecule has 0 aliphatic carbocycles. The summed E-state index contributed by atoms with van der Waals surface area (Å²) in [6.45, 7) is 3.24. The van der Waals surface area contributed by atoms with E-state index in [1.807, 2.05) is 12.1 Å². The average Bonchev–Trinajstić information content (AvgIpc) is 2.47. The molecular weight excluding hydrogens is 282 g/mol. The van der Waals surface area contributed by atoms with E-state index < -0.39 is 0 Å². The van der Waals surface area contributed by atoms with E-state index in [2.05, 4.69) is 42.6 Å². The number of aromatic hydroxyl groups is 1. The fourth-order valence-corrected chi connectivity index (χ4v) is 2.34. The second-order valence-corrected chi connectivity index (χ2v) is 5.31. The van der Waals surface area contributed by atoms with Gasteiger partial charge in [-0.05, 0) is 56.0 Å². The van der Waals surface area contributed by atoms with Crippen LogP contribution in [0.4, 0.5) is 0 Å². The van der Waals surface area contributed by atoms with Gasteiger partial charge in [-0.3, -0.25) is 0 Å². The van der Waals surface area contributed by atoms with Gasteiger partial charge in [0.25, 0.3) is 0 Å². The zero-order valence-corrected chi connectivity index (χ0v) is 13.3. The van der Waals surface area contributed by atoms with Gasteiger partial charge in [0, 0.05) is 6.04 Å². The van der Waals surface area contributed by atoms with Gasteiger partial charge < -0.3 is 10.4 Å². The first kappa shape index (κ1) is 17.5. The Morgan fingerprint density at radius 3 is 2.29 bits per heavy atom. The van der Waals surface area contributed by atoms with Crippen LogP contribution in [0.5, 0.6) is 5.75 Å². The van der Waals surface area contributed by atoms with Crippen LogP contribution in [0.25, 0.3) is 0 Å². The first-order valence-electron chi connectivity index (χ1n) is 7.29. The molecule has 1 atom stereocenters. The Hall–Kier alpha value is -1.51. The number of phenolic OH excluding ortho intramolecular Hbond substituents is 1. The van der Waals surface area contributed by atoms with Crippen molar-refractivity contribution in [3.63, 3.8) is 0 Å². The molecule has 2 nitrogen and oxygen atoms in total. The number of benzene rings is 2. The first-order valence-corrected chi connectivity index (χ1v) is 7.29. The van der Waals surface area contributed by atoms with Crippen LogP contribution in [0.2, 0.25) is 0 Å². The van der Waals surface area contributed by atoms with Gasteiger partial charge in [0.15, 0.2) is 0 Å². The Kier molecular flexibility index (Phi) is 7.88. The Balaban J connectivity index is 0.00000220. The molecule has 3 heteroatoms. The van der Waals surface area contributed by atoms with Gasteiger partial charge in [0.05, 0.1) is 0 Å². The van der Waals surface area contributed by atoms with Crippen molar-refractivity contribution in [3.05, 3.63) is 65.7 Å². The van der Waals surface area contributed by atoms with E-state index in [-0.39, 0.29) is 12.4 Å². The molecular formula is C18H24ClNO. The summed E-state index contributed by atoms with van der Waals surface area (Å²) in [5.74, 6) is 0.331. The lowest BCUT2D eigenvalue weighted by molar-refractivity contribution is 0.474. The summed E-state index contributed by atoms with van der Waals surface area (Å²) in [6.07, 6.45) is 3.27. The molecule has 2 aromatic carbocycles. The highest BCUT2D eigenvalue weighted by Gasteiger charge is 2.03. The molecule has 0 saturated carbocycles. The molecule has 21 heavy (non-hydrogen) atoms. The van der Waals surface area contributed by atoms with Gasteiger partial charge in [-0.25, -0.2) is 0 Å². The zero-order chi connectivity index (χ0) is 14.2. The molecule has 2 aromatic rings. The monoisotopic (exact) mass is 305 g/mol. The van der Waals surface area contributed by atoms with Crippen LogP contribution in [0.1, 0.15) is 24.5 Å². The number of halogens is 1. The fourth-order valence-electron chi connectivity index (χ4n) is 2.34. The summed E-state index contributed by atoms with van der Waals surface area (Å²) in [5, 5.41) is 12.8. The minimum atomic E-state index is 0. The third-order valence-corrected chi connectivity index (χ3v) is 3.46. The van der Waals surface area contributed by atoms with Crippen LogP contribution in [-0.2, 0) is 12.8 Å². The standard InChI is InChI=1S/C18H23NO.ClH/c1-15(14-17-9-11-18(20)12-10-17)19-13-5-8-16-6-3-2-4-7-16;/h2-4,6-7,9-12,15,19-20H,5,8,13-14H2,1H3;1H. The Labute approximate surface area is 133 Å². The van der Waals surface area contributed by atoms with E-state index in [0.29, 0.717) is 11.8 Å². The van der Waals surface area contributed by atoms with Crippen LogP contribution in [0, 0.1) is 0 Å². The lowest BCUT2D eigenvalue weighted by Gasteiger charge is -2.14. The minimum absolute atomic E-state index is 0. The van der Waals surface area contributed by atoms with E-state index in [4.69, 9.17) is 0 Å². The van der Waals surface area contributed by atoms with Crippen molar-refractivity contribution in [2.75, 3.05) is 6.54 Å². The third kappa shape index (κ3) is 6.65. The zero-order valence-electron chi connectivity index (χ0n) is 12.5. The molecule has 0 radical (unpaired) electrons. The van der Waals surface area contributed by atoms with Crippen molar-refractivity contribution in [3.8, 4) is 5.75 Å². The van der Waals surface area contributed by atoms with Gasteiger partial charge in [0.2, 0.25) is 0 Å². The van der Waals surface area contributed by atoms with Crippen LogP contribution < -0.4 is 5.32 Å². The summed E-state index contributed by atoms with van der Waals surface area (Å²) >= 11 is 0. The van der Waals surface area contributed by atoms with Crippen molar-refractivity contribution in [2.24, 2.45) is 0 Å². The summed E-state index contributed by atoms with van der Waals surface area (Å²) in [4.78, 5) is 0. The first-order chi connectivity index (χ1) is 9.74. The predicted molar refractivity (Wildman–Crippen MR) is 91.3 cm³/mol. The van der Waals surface area contributed by atoms with E-state index in [0.717, 1.165) is 25.8 Å².